The molecule has 1 N–H and O–H groups in total. The molecule has 0 radical (unpaired) electrons. The fourth-order valence-corrected chi connectivity index (χ4v) is 6.35. The molecule has 8 heteroatoms. The molecule has 0 spiro atoms. The Balaban J connectivity index is 1.45. The summed E-state index contributed by atoms with van der Waals surface area (Å²) in [6.45, 7) is 0.746. The van der Waals surface area contributed by atoms with Gasteiger partial charge in [0, 0.05) is 40.5 Å². The Hall–Kier alpha value is -3.42. The molecule has 2 heterocycles. The summed E-state index contributed by atoms with van der Waals surface area (Å²) >= 11 is 5.95. The van der Waals surface area contributed by atoms with Gasteiger partial charge in [0.05, 0.1) is 4.90 Å². The van der Waals surface area contributed by atoms with Gasteiger partial charge in [0.25, 0.3) is 5.91 Å². The summed E-state index contributed by atoms with van der Waals surface area (Å²) in [5.41, 5.74) is 1.27. The largest absolute Gasteiger partial charge is 0.349 e. The summed E-state index contributed by atoms with van der Waals surface area (Å²) in [5.74, 6) is -0.477. The quantitative estimate of drug-likeness (QED) is 0.368. The number of halogens is 1. The molecule has 1 saturated heterocycles. The van der Waals surface area contributed by atoms with Gasteiger partial charge in [0.1, 0.15) is 10.6 Å². The second-order valence-electron chi connectivity index (χ2n) is 8.63. The number of ketones is 1. The average molecular weight is 507 g/mol. The number of nitrogens with one attached hydrogen (secondary N) is 1. The van der Waals surface area contributed by atoms with E-state index in [1.54, 1.807) is 41.3 Å². The molecule has 0 aliphatic carbocycles. The lowest BCUT2D eigenvalue weighted by molar-refractivity contribution is 0.0643. The molecule has 1 aliphatic rings. The Morgan fingerprint density at radius 1 is 0.857 bits per heavy atom. The molecule has 0 atom stereocenters. The van der Waals surface area contributed by atoms with Crippen LogP contribution < -0.4 is 0 Å². The number of aromatic nitrogens is 1. The lowest BCUT2D eigenvalue weighted by Gasteiger charge is -2.31. The molecule has 1 amide bonds. The first kappa shape index (κ1) is 23.3. The third kappa shape index (κ3) is 4.37. The Bertz CT molecular complexity index is 1500. The molecule has 3 aromatic carbocycles. The number of rotatable bonds is 5. The van der Waals surface area contributed by atoms with Crippen molar-refractivity contribution in [2.45, 2.75) is 22.6 Å². The monoisotopic (exact) mass is 506 g/mol. The number of carbonyl (C=O) groups is 2. The minimum atomic E-state index is -4.01. The van der Waals surface area contributed by atoms with Gasteiger partial charge in [0.2, 0.25) is 9.84 Å². The van der Waals surface area contributed by atoms with E-state index in [-0.39, 0.29) is 33.1 Å². The SMILES string of the molecule is O=C(c1ccccc1)C1CCN(C(=O)c2[nH]c3ccccc3c2S(=O)(=O)c2ccc(Cl)cc2)CC1. The second kappa shape index (κ2) is 9.32. The Morgan fingerprint density at radius 2 is 1.49 bits per heavy atom. The summed E-state index contributed by atoms with van der Waals surface area (Å²) in [7, 11) is -4.01. The molecule has 6 nitrogen and oxygen atoms in total. The Kier molecular flexibility index (Phi) is 6.21. The van der Waals surface area contributed by atoms with Crippen molar-refractivity contribution in [1.82, 2.24) is 9.88 Å². The van der Waals surface area contributed by atoms with E-state index in [9.17, 15) is 18.0 Å². The van der Waals surface area contributed by atoms with Gasteiger partial charge in [-0.05, 0) is 43.2 Å². The minimum absolute atomic E-state index is 0.0361. The summed E-state index contributed by atoms with van der Waals surface area (Å²) in [6.07, 6.45) is 1.05. The molecular formula is C27H23ClN2O4S. The van der Waals surface area contributed by atoms with Crippen LogP contribution in [0.4, 0.5) is 0 Å². The normalized spacial score (nSPS) is 14.8. The van der Waals surface area contributed by atoms with Gasteiger partial charge in [-0.1, -0.05) is 60.1 Å². The third-order valence-electron chi connectivity index (χ3n) is 6.48. The van der Waals surface area contributed by atoms with Crippen LogP contribution in [0.5, 0.6) is 0 Å². The van der Waals surface area contributed by atoms with Crippen molar-refractivity contribution in [3.8, 4) is 0 Å². The number of carbonyl (C=O) groups excluding carboxylic acids is 2. The number of hydrogen-bond donors (Lipinski definition) is 1. The van der Waals surface area contributed by atoms with Crippen LogP contribution in [0.1, 0.15) is 33.7 Å². The predicted octanol–water partition coefficient (Wildman–Crippen LogP) is 5.39. The van der Waals surface area contributed by atoms with Gasteiger partial charge >= 0.3 is 0 Å². The highest BCUT2D eigenvalue weighted by molar-refractivity contribution is 7.91. The third-order valence-corrected chi connectivity index (χ3v) is 8.58. The number of sulfone groups is 1. The maximum Gasteiger partial charge on any atom is 0.271 e. The molecular weight excluding hydrogens is 484 g/mol. The highest BCUT2D eigenvalue weighted by Crippen LogP contribution is 2.34. The van der Waals surface area contributed by atoms with Crippen molar-refractivity contribution in [1.29, 1.82) is 0 Å². The summed E-state index contributed by atoms with van der Waals surface area (Å²) in [5, 5.41) is 0.882. The number of aromatic amines is 1. The van der Waals surface area contributed by atoms with Crippen LogP contribution in [0.15, 0.2) is 88.7 Å². The topological polar surface area (TPSA) is 87.3 Å². The standard InChI is InChI=1S/C27H23ClN2O4S/c28-20-10-12-21(13-11-20)35(33,34)26-22-8-4-5-9-23(22)29-24(26)27(32)30-16-14-19(15-17-30)25(31)18-6-2-1-3-7-18/h1-13,19,29H,14-17H2. The zero-order valence-electron chi connectivity index (χ0n) is 18.8. The molecule has 4 aromatic rings. The van der Waals surface area contributed by atoms with Crippen LogP contribution in [-0.2, 0) is 9.84 Å². The Labute approximate surface area is 208 Å². The van der Waals surface area contributed by atoms with E-state index in [0.717, 1.165) is 0 Å². The van der Waals surface area contributed by atoms with Crippen LogP contribution in [0, 0.1) is 5.92 Å². The maximum atomic E-state index is 13.6. The fourth-order valence-electron chi connectivity index (χ4n) is 4.62. The molecule has 1 fully saturated rings. The second-order valence-corrected chi connectivity index (χ2v) is 11.0. The van der Waals surface area contributed by atoms with E-state index in [1.807, 2.05) is 18.2 Å². The molecule has 0 saturated carbocycles. The van der Waals surface area contributed by atoms with Gasteiger partial charge in [-0.25, -0.2) is 8.42 Å². The number of piperidine rings is 1. The van der Waals surface area contributed by atoms with Gasteiger partial charge in [0.15, 0.2) is 5.78 Å². The van der Waals surface area contributed by atoms with E-state index in [4.69, 9.17) is 11.6 Å². The molecule has 1 aliphatic heterocycles. The highest BCUT2D eigenvalue weighted by Gasteiger charge is 2.34. The lowest BCUT2D eigenvalue weighted by atomic mass is 9.89. The number of benzene rings is 3. The van der Waals surface area contributed by atoms with Crippen LogP contribution in [0.3, 0.4) is 0 Å². The summed E-state index contributed by atoms with van der Waals surface area (Å²) in [4.78, 5) is 31.1. The number of amides is 1. The Morgan fingerprint density at radius 3 is 2.17 bits per heavy atom. The maximum absolute atomic E-state index is 13.6. The molecule has 1 aromatic heterocycles. The summed E-state index contributed by atoms with van der Waals surface area (Å²) in [6, 6.07) is 22.0. The van der Waals surface area contributed by atoms with Gasteiger partial charge in [-0.2, -0.15) is 0 Å². The number of para-hydroxylation sites is 1. The first-order valence-electron chi connectivity index (χ1n) is 11.4. The number of likely N-dealkylation sites (tertiary alicyclic amines) is 1. The van der Waals surface area contributed by atoms with E-state index < -0.39 is 9.84 Å². The first-order valence-corrected chi connectivity index (χ1v) is 13.2. The number of Topliss-reactive ketones (excluding diaryl/α,β-unsaturated/α-hetero) is 1. The zero-order chi connectivity index (χ0) is 24.6. The smallest absolute Gasteiger partial charge is 0.271 e. The van der Waals surface area contributed by atoms with Crippen LogP contribution in [0.25, 0.3) is 10.9 Å². The van der Waals surface area contributed by atoms with Crippen molar-refractivity contribution in [3.05, 3.63) is 95.1 Å². The van der Waals surface area contributed by atoms with Crippen LogP contribution >= 0.6 is 11.6 Å². The molecule has 178 valence electrons. The van der Waals surface area contributed by atoms with Gasteiger partial charge in [-0.3, -0.25) is 9.59 Å². The number of hydrogen-bond acceptors (Lipinski definition) is 4. The zero-order valence-corrected chi connectivity index (χ0v) is 20.4. The number of fused-ring (bicyclic) bond motifs is 1. The van der Waals surface area contributed by atoms with E-state index in [1.165, 1.54) is 24.3 Å². The number of H-pyrrole nitrogens is 1. The average Bonchev–Trinajstić information content (AvgIpc) is 3.29. The predicted molar refractivity (Wildman–Crippen MR) is 135 cm³/mol. The molecule has 0 unspecified atom stereocenters. The van der Waals surface area contributed by atoms with Gasteiger partial charge in [-0.15, -0.1) is 0 Å². The van der Waals surface area contributed by atoms with E-state index >= 15 is 0 Å². The van der Waals surface area contributed by atoms with Crippen molar-refractivity contribution in [3.63, 3.8) is 0 Å². The lowest BCUT2D eigenvalue weighted by Crippen LogP contribution is -2.40. The molecule has 35 heavy (non-hydrogen) atoms. The minimum Gasteiger partial charge on any atom is -0.349 e. The fraction of sp³-hybridized carbons (Fsp3) is 0.185. The van der Waals surface area contributed by atoms with Gasteiger partial charge < -0.3 is 9.88 Å². The number of nitrogens with zero attached hydrogens (tertiary/aromatic N) is 1. The first-order chi connectivity index (χ1) is 16.9. The van der Waals surface area contributed by atoms with Crippen molar-refractivity contribution in [2.24, 2.45) is 5.92 Å². The van der Waals surface area contributed by atoms with Crippen molar-refractivity contribution in [2.75, 3.05) is 13.1 Å². The summed E-state index contributed by atoms with van der Waals surface area (Å²) < 4.78 is 27.3. The van der Waals surface area contributed by atoms with E-state index in [0.29, 0.717) is 47.4 Å². The molecule has 5 rings (SSSR count). The van der Waals surface area contributed by atoms with E-state index in [2.05, 4.69) is 4.98 Å². The van der Waals surface area contributed by atoms with Crippen LogP contribution in [0.2, 0.25) is 5.02 Å². The van der Waals surface area contributed by atoms with Crippen molar-refractivity contribution < 1.29 is 18.0 Å². The molecule has 0 bridgehead atoms. The van der Waals surface area contributed by atoms with Crippen LogP contribution in [-0.4, -0.2) is 43.1 Å². The highest BCUT2D eigenvalue weighted by atomic mass is 35.5. The van der Waals surface area contributed by atoms with Crippen molar-refractivity contribution >= 4 is 44.0 Å².